The van der Waals surface area contributed by atoms with Crippen LogP contribution in [-0.2, 0) is 0 Å². The summed E-state index contributed by atoms with van der Waals surface area (Å²) in [5, 5.41) is 0. The molecule has 1 fully saturated rings. The number of benzene rings is 1. The molecule has 0 aliphatic carbocycles. The van der Waals surface area contributed by atoms with Gasteiger partial charge in [0.05, 0.1) is 13.2 Å². The number of nitrogens with two attached hydrogens (primary N) is 1. The Kier molecular flexibility index (Phi) is 6.07. The van der Waals surface area contributed by atoms with Crippen LogP contribution in [0, 0.1) is 5.92 Å². The third-order valence-electron chi connectivity index (χ3n) is 3.86. The summed E-state index contributed by atoms with van der Waals surface area (Å²) >= 11 is 0. The van der Waals surface area contributed by atoms with Crippen molar-refractivity contribution in [1.82, 2.24) is 4.90 Å². The van der Waals surface area contributed by atoms with Crippen molar-refractivity contribution < 1.29 is 14.3 Å². The molecule has 1 aliphatic rings. The van der Waals surface area contributed by atoms with Crippen molar-refractivity contribution >= 4 is 5.91 Å². The maximum absolute atomic E-state index is 12.6. The zero-order valence-electron chi connectivity index (χ0n) is 13.5. The minimum absolute atomic E-state index is 0.0407. The molecular weight excluding hydrogens is 280 g/mol. The average Bonchev–Trinajstić information content (AvgIpc) is 3.02. The van der Waals surface area contributed by atoms with Gasteiger partial charge in [0.25, 0.3) is 5.91 Å². The molecule has 5 heteroatoms. The van der Waals surface area contributed by atoms with Crippen molar-refractivity contribution in [3.8, 4) is 11.5 Å². The van der Waals surface area contributed by atoms with E-state index in [4.69, 9.17) is 15.2 Å². The Labute approximate surface area is 132 Å². The van der Waals surface area contributed by atoms with E-state index >= 15 is 0 Å². The highest BCUT2D eigenvalue weighted by Gasteiger charge is 2.26. The highest BCUT2D eigenvalue weighted by molar-refractivity contribution is 5.95. The van der Waals surface area contributed by atoms with Crippen molar-refractivity contribution in [3.05, 3.63) is 23.8 Å². The van der Waals surface area contributed by atoms with E-state index in [1.165, 1.54) is 0 Å². The summed E-state index contributed by atoms with van der Waals surface area (Å²) in [6.45, 7) is 7.31. The van der Waals surface area contributed by atoms with Gasteiger partial charge in [-0.15, -0.1) is 0 Å². The lowest BCUT2D eigenvalue weighted by Crippen LogP contribution is -2.29. The molecule has 0 saturated carbocycles. The van der Waals surface area contributed by atoms with Gasteiger partial charge in [-0.2, -0.15) is 0 Å². The number of likely N-dealkylation sites (tertiary alicyclic amines) is 1. The van der Waals surface area contributed by atoms with Crippen LogP contribution in [0.25, 0.3) is 0 Å². The number of rotatable bonds is 7. The van der Waals surface area contributed by atoms with E-state index in [0.29, 0.717) is 42.7 Å². The van der Waals surface area contributed by atoms with Crippen LogP contribution in [0.2, 0.25) is 0 Å². The van der Waals surface area contributed by atoms with Crippen LogP contribution in [-0.4, -0.2) is 43.7 Å². The van der Waals surface area contributed by atoms with E-state index in [-0.39, 0.29) is 5.91 Å². The Morgan fingerprint density at radius 1 is 1.32 bits per heavy atom. The summed E-state index contributed by atoms with van der Waals surface area (Å²) in [4.78, 5) is 14.4. The predicted octanol–water partition coefficient (Wildman–Crippen LogP) is 2.29. The second-order valence-corrected chi connectivity index (χ2v) is 5.58. The molecule has 1 amide bonds. The number of carbonyl (C=O) groups is 1. The van der Waals surface area contributed by atoms with Crippen LogP contribution in [0.1, 0.15) is 37.0 Å². The summed E-state index contributed by atoms with van der Waals surface area (Å²) in [6.07, 6.45) is 1.92. The second-order valence-electron chi connectivity index (χ2n) is 5.58. The van der Waals surface area contributed by atoms with Gasteiger partial charge in [-0.05, 0) is 50.4 Å². The molecule has 122 valence electrons. The number of ether oxygens (including phenoxy) is 2. The normalized spacial score (nSPS) is 17.6. The standard InChI is InChI=1S/C17H26N2O3/c1-3-9-22-15-6-5-14(10-16(15)21-4-2)17(20)19-8-7-13(11-18)12-19/h5-6,10,13H,3-4,7-9,11-12,18H2,1-2H3. The molecule has 1 aliphatic heterocycles. The lowest BCUT2D eigenvalue weighted by molar-refractivity contribution is 0.0787. The quantitative estimate of drug-likeness (QED) is 0.839. The third kappa shape index (κ3) is 3.91. The lowest BCUT2D eigenvalue weighted by atomic mass is 10.1. The van der Waals surface area contributed by atoms with Crippen LogP contribution < -0.4 is 15.2 Å². The summed E-state index contributed by atoms with van der Waals surface area (Å²) in [5.74, 6) is 1.79. The molecule has 22 heavy (non-hydrogen) atoms. The lowest BCUT2D eigenvalue weighted by Gasteiger charge is -2.18. The fourth-order valence-corrected chi connectivity index (χ4v) is 2.63. The highest BCUT2D eigenvalue weighted by Crippen LogP contribution is 2.30. The largest absolute Gasteiger partial charge is 0.490 e. The van der Waals surface area contributed by atoms with Gasteiger partial charge in [0.15, 0.2) is 11.5 Å². The van der Waals surface area contributed by atoms with Gasteiger partial charge in [-0.3, -0.25) is 4.79 Å². The fourth-order valence-electron chi connectivity index (χ4n) is 2.63. The van der Waals surface area contributed by atoms with Gasteiger partial charge in [-0.1, -0.05) is 6.92 Å². The smallest absolute Gasteiger partial charge is 0.254 e. The van der Waals surface area contributed by atoms with Crippen molar-refractivity contribution in [2.45, 2.75) is 26.7 Å². The second kappa shape index (κ2) is 8.03. The van der Waals surface area contributed by atoms with Crippen LogP contribution in [0.4, 0.5) is 0 Å². The van der Waals surface area contributed by atoms with E-state index in [2.05, 4.69) is 6.92 Å². The average molecular weight is 306 g/mol. The molecule has 1 heterocycles. The fraction of sp³-hybridized carbons (Fsp3) is 0.588. The van der Waals surface area contributed by atoms with Gasteiger partial charge in [0, 0.05) is 18.7 Å². The Morgan fingerprint density at radius 3 is 2.77 bits per heavy atom. The van der Waals surface area contributed by atoms with E-state index in [1.807, 2.05) is 24.0 Å². The zero-order chi connectivity index (χ0) is 15.9. The van der Waals surface area contributed by atoms with Crippen molar-refractivity contribution in [2.75, 3.05) is 32.8 Å². The molecule has 0 aromatic heterocycles. The Hall–Kier alpha value is -1.75. The summed E-state index contributed by atoms with van der Waals surface area (Å²) in [6, 6.07) is 5.42. The molecule has 1 aromatic rings. The van der Waals surface area contributed by atoms with Crippen LogP contribution >= 0.6 is 0 Å². The van der Waals surface area contributed by atoms with Crippen molar-refractivity contribution in [2.24, 2.45) is 11.7 Å². The monoisotopic (exact) mass is 306 g/mol. The number of hydrogen-bond acceptors (Lipinski definition) is 4. The SMILES string of the molecule is CCCOc1ccc(C(=O)N2CCC(CN)C2)cc1OCC. The number of amides is 1. The summed E-state index contributed by atoms with van der Waals surface area (Å²) < 4.78 is 11.3. The van der Waals surface area contributed by atoms with Gasteiger partial charge in [-0.25, -0.2) is 0 Å². The molecule has 1 atom stereocenters. The number of carbonyl (C=O) groups excluding carboxylic acids is 1. The van der Waals surface area contributed by atoms with Crippen LogP contribution in [0.3, 0.4) is 0 Å². The number of hydrogen-bond donors (Lipinski definition) is 1. The third-order valence-corrected chi connectivity index (χ3v) is 3.86. The van der Waals surface area contributed by atoms with Gasteiger partial charge >= 0.3 is 0 Å². The minimum atomic E-state index is 0.0407. The molecule has 2 rings (SSSR count). The molecule has 5 nitrogen and oxygen atoms in total. The van der Waals surface area contributed by atoms with Crippen molar-refractivity contribution in [3.63, 3.8) is 0 Å². The Balaban J connectivity index is 2.13. The van der Waals surface area contributed by atoms with E-state index in [9.17, 15) is 4.79 Å². The predicted molar refractivity (Wildman–Crippen MR) is 86.5 cm³/mol. The molecule has 0 bridgehead atoms. The van der Waals surface area contributed by atoms with Crippen molar-refractivity contribution in [1.29, 1.82) is 0 Å². The minimum Gasteiger partial charge on any atom is -0.490 e. The first-order valence-electron chi connectivity index (χ1n) is 8.08. The van der Waals surface area contributed by atoms with Gasteiger partial charge in [0.2, 0.25) is 0 Å². The van der Waals surface area contributed by atoms with Crippen LogP contribution in [0.15, 0.2) is 18.2 Å². The number of nitrogens with zero attached hydrogens (tertiary/aromatic N) is 1. The molecule has 1 aromatic carbocycles. The molecule has 1 saturated heterocycles. The Bertz CT molecular complexity index is 505. The summed E-state index contributed by atoms with van der Waals surface area (Å²) in [5.41, 5.74) is 6.33. The highest BCUT2D eigenvalue weighted by atomic mass is 16.5. The van der Waals surface area contributed by atoms with Gasteiger partial charge < -0.3 is 20.1 Å². The maximum Gasteiger partial charge on any atom is 0.254 e. The van der Waals surface area contributed by atoms with E-state index in [1.54, 1.807) is 6.07 Å². The molecule has 1 unspecified atom stereocenters. The van der Waals surface area contributed by atoms with Gasteiger partial charge in [0.1, 0.15) is 0 Å². The molecular formula is C17H26N2O3. The van der Waals surface area contributed by atoms with E-state index < -0.39 is 0 Å². The van der Waals surface area contributed by atoms with Crippen LogP contribution in [0.5, 0.6) is 11.5 Å². The first kappa shape index (κ1) is 16.6. The molecule has 2 N–H and O–H groups in total. The topological polar surface area (TPSA) is 64.8 Å². The zero-order valence-corrected chi connectivity index (χ0v) is 13.5. The summed E-state index contributed by atoms with van der Waals surface area (Å²) in [7, 11) is 0. The molecule has 0 radical (unpaired) electrons. The first-order chi connectivity index (χ1) is 10.7. The molecule has 0 spiro atoms. The van der Waals surface area contributed by atoms with E-state index in [0.717, 1.165) is 25.9 Å². The first-order valence-corrected chi connectivity index (χ1v) is 8.08. The maximum atomic E-state index is 12.6. The Morgan fingerprint density at radius 2 is 2.14 bits per heavy atom.